The molecular weight excluding hydrogens is 547 g/mol. The van der Waals surface area contributed by atoms with Crippen LogP contribution in [-0.2, 0) is 11.2 Å². The van der Waals surface area contributed by atoms with Crippen molar-refractivity contribution in [2.45, 2.75) is 92.4 Å². The number of fused-ring (bicyclic) bond motifs is 1. The first kappa shape index (κ1) is 34.3. The molecule has 2 unspecified atom stereocenters. The fourth-order valence-corrected chi connectivity index (χ4v) is 4.87. The van der Waals surface area contributed by atoms with Crippen molar-refractivity contribution in [3.05, 3.63) is 59.6 Å². The Bertz CT molecular complexity index is 1340. The Morgan fingerprint density at radius 1 is 0.884 bits per heavy atom. The van der Waals surface area contributed by atoms with Gasteiger partial charge >= 0.3 is 0 Å². The van der Waals surface area contributed by atoms with Gasteiger partial charge in [-0.25, -0.2) is 4.39 Å². The van der Waals surface area contributed by atoms with Crippen molar-refractivity contribution < 1.29 is 27.9 Å². The quantitative estimate of drug-likeness (QED) is 0.142. The topological polar surface area (TPSA) is 89.8 Å². The van der Waals surface area contributed by atoms with E-state index in [-0.39, 0.29) is 47.5 Å². The molecule has 2 N–H and O–H groups in total. The van der Waals surface area contributed by atoms with E-state index in [4.69, 9.17) is 13.9 Å². The van der Waals surface area contributed by atoms with Gasteiger partial charge in [0.1, 0.15) is 40.9 Å². The standard InChI is InChI=1S/C35H49FN2O5/c1-8-37-20-25(6)42-31-16-27(15-29(36)19-31)11-13-32(39)23(4)9-10-24(5)38-21-26(7)41-30-12-14-33-28(17-30)18-34(43-33)35(40)22(2)3/h12,14-19,22-26,37-38H,8-11,13,20-21H2,1-7H3/t23?,24?,25-,26+/m1/s1. The summed E-state index contributed by atoms with van der Waals surface area (Å²) in [6, 6.07) is 12.3. The molecule has 0 saturated heterocycles. The van der Waals surface area contributed by atoms with Crippen LogP contribution in [0.15, 0.2) is 46.9 Å². The van der Waals surface area contributed by atoms with E-state index in [1.54, 1.807) is 6.07 Å². The predicted octanol–water partition coefficient (Wildman–Crippen LogP) is 7.15. The molecule has 4 atom stereocenters. The lowest BCUT2D eigenvalue weighted by Gasteiger charge is -2.20. The minimum Gasteiger partial charge on any atom is -0.489 e. The third-order valence-corrected chi connectivity index (χ3v) is 7.54. The Morgan fingerprint density at radius 2 is 1.60 bits per heavy atom. The van der Waals surface area contributed by atoms with E-state index in [2.05, 4.69) is 17.6 Å². The van der Waals surface area contributed by atoms with Gasteiger partial charge < -0.3 is 24.5 Å². The fraction of sp³-hybridized carbons (Fsp3) is 0.543. The molecule has 0 fully saturated rings. The molecule has 3 rings (SSSR count). The number of carbonyl (C=O) groups excluding carboxylic acids is 2. The number of halogens is 1. The van der Waals surface area contributed by atoms with Crippen LogP contribution < -0.4 is 20.1 Å². The molecule has 0 aliphatic heterocycles. The van der Waals surface area contributed by atoms with Gasteiger partial charge in [0.15, 0.2) is 5.76 Å². The van der Waals surface area contributed by atoms with Gasteiger partial charge in [-0.2, -0.15) is 0 Å². The Balaban J connectivity index is 1.39. The maximum Gasteiger partial charge on any atom is 0.200 e. The first-order valence-electron chi connectivity index (χ1n) is 15.6. The number of ether oxygens (including phenoxy) is 2. The van der Waals surface area contributed by atoms with Gasteiger partial charge in [0.25, 0.3) is 0 Å². The summed E-state index contributed by atoms with van der Waals surface area (Å²) in [7, 11) is 0. The van der Waals surface area contributed by atoms with Crippen LogP contribution in [0, 0.1) is 17.7 Å². The highest BCUT2D eigenvalue weighted by atomic mass is 19.1. The zero-order valence-electron chi connectivity index (χ0n) is 26.8. The highest BCUT2D eigenvalue weighted by Crippen LogP contribution is 2.26. The maximum absolute atomic E-state index is 14.2. The number of nitrogens with one attached hydrogen (secondary N) is 2. The first-order chi connectivity index (χ1) is 20.4. The van der Waals surface area contributed by atoms with Crippen LogP contribution in [0.5, 0.6) is 11.5 Å². The van der Waals surface area contributed by atoms with E-state index in [0.29, 0.717) is 43.0 Å². The normalized spacial score (nSPS) is 14.4. The average Bonchev–Trinajstić information content (AvgIpc) is 3.39. The van der Waals surface area contributed by atoms with Gasteiger partial charge in [0.05, 0.1) is 0 Å². The Labute approximate surface area is 255 Å². The average molecular weight is 597 g/mol. The van der Waals surface area contributed by atoms with Crippen LogP contribution in [-0.4, -0.2) is 49.5 Å². The van der Waals surface area contributed by atoms with Crippen LogP contribution in [0.4, 0.5) is 4.39 Å². The smallest absolute Gasteiger partial charge is 0.200 e. The Kier molecular flexibility index (Phi) is 13.2. The number of likely N-dealkylation sites (N-methyl/N-ethyl adjacent to an activating group) is 1. The zero-order valence-corrected chi connectivity index (χ0v) is 26.8. The lowest BCUT2D eigenvalue weighted by Crippen LogP contribution is -2.35. The molecule has 0 bridgehead atoms. The molecule has 8 heteroatoms. The highest BCUT2D eigenvalue weighted by molar-refractivity contribution is 5.98. The molecule has 3 aromatic rings. The van der Waals surface area contributed by atoms with Crippen molar-refractivity contribution >= 4 is 22.5 Å². The number of Topliss-reactive ketones (excluding diaryl/α,β-unsaturated/α-hetero) is 2. The highest BCUT2D eigenvalue weighted by Gasteiger charge is 2.18. The number of hydrogen-bond donors (Lipinski definition) is 2. The van der Waals surface area contributed by atoms with E-state index in [0.717, 1.165) is 36.1 Å². The number of carbonyl (C=O) groups is 2. The van der Waals surface area contributed by atoms with Crippen LogP contribution >= 0.6 is 0 Å². The number of hydrogen-bond acceptors (Lipinski definition) is 7. The van der Waals surface area contributed by atoms with E-state index in [9.17, 15) is 14.0 Å². The van der Waals surface area contributed by atoms with Gasteiger partial charge in [-0.3, -0.25) is 9.59 Å². The van der Waals surface area contributed by atoms with Crippen LogP contribution in [0.2, 0.25) is 0 Å². The van der Waals surface area contributed by atoms with Crippen molar-refractivity contribution in [3.63, 3.8) is 0 Å². The Hall–Kier alpha value is -3.23. The number of benzene rings is 2. The molecule has 0 amide bonds. The van der Waals surface area contributed by atoms with Gasteiger partial charge in [-0.05, 0) is 88.5 Å². The summed E-state index contributed by atoms with van der Waals surface area (Å²) >= 11 is 0. The fourth-order valence-electron chi connectivity index (χ4n) is 4.87. The monoisotopic (exact) mass is 596 g/mol. The molecule has 7 nitrogen and oxygen atoms in total. The second-order valence-corrected chi connectivity index (χ2v) is 12.0. The summed E-state index contributed by atoms with van der Waals surface area (Å²) in [6.07, 6.45) is 2.34. The van der Waals surface area contributed by atoms with Crippen LogP contribution in [0.1, 0.15) is 83.8 Å². The third-order valence-electron chi connectivity index (χ3n) is 7.54. The molecule has 0 aliphatic rings. The largest absolute Gasteiger partial charge is 0.489 e. The van der Waals surface area contributed by atoms with E-state index >= 15 is 0 Å². The summed E-state index contributed by atoms with van der Waals surface area (Å²) in [5.74, 6) is 1.21. The first-order valence-corrected chi connectivity index (χ1v) is 15.6. The minimum absolute atomic E-state index is 0.0159. The molecule has 0 radical (unpaired) electrons. The van der Waals surface area contributed by atoms with Crippen LogP contribution in [0.25, 0.3) is 11.0 Å². The van der Waals surface area contributed by atoms with Crippen molar-refractivity contribution in [2.75, 3.05) is 19.6 Å². The molecule has 1 heterocycles. The Morgan fingerprint density at radius 3 is 2.33 bits per heavy atom. The predicted molar refractivity (Wildman–Crippen MR) is 170 cm³/mol. The molecule has 0 aliphatic carbocycles. The molecule has 2 aromatic carbocycles. The summed E-state index contributed by atoms with van der Waals surface area (Å²) in [5, 5.41) is 7.57. The SMILES string of the molecule is CCNC[C@@H](C)Oc1cc(F)cc(CCC(=O)C(C)CCC(C)NC[C@H](C)Oc2ccc3oc(C(=O)C(C)C)cc3c2)c1. The van der Waals surface area contributed by atoms with E-state index in [1.807, 2.05) is 65.8 Å². The summed E-state index contributed by atoms with van der Waals surface area (Å²) in [4.78, 5) is 25.1. The van der Waals surface area contributed by atoms with Crippen LogP contribution in [0.3, 0.4) is 0 Å². The van der Waals surface area contributed by atoms with Crippen molar-refractivity contribution in [3.8, 4) is 11.5 Å². The molecule has 43 heavy (non-hydrogen) atoms. The summed E-state index contributed by atoms with van der Waals surface area (Å²) in [5.41, 5.74) is 1.44. The number of rotatable bonds is 19. The second kappa shape index (κ2) is 16.6. The van der Waals surface area contributed by atoms with Crippen molar-refractivity contribution in [1.29, 1.82) is 0 Å². The lowest BCUT2D eigenvalue weighted by molar-refractivity contribution is -0.122. The maximum atomic E-state index is 14.2. The number of furan rings is 1. The lowest BCUT2D eigenvalue weighted by atomic mass is 9.94. The van der Waals surface area contributed by atoms with Crippen molar-refractivity contribution in [2.24, 2.45) is 11.8 Å². The zero-order chi connectivity index (χ0) is 31.5. The second-order valence-electron chi connectivity index (χ2n) is 12.0. The number of ketones is 2. The van der Waals surface area contributed by atoms with Gasteiger partial charge in [-0.15, -0.1) is 0 Å². The molecule has 0 spiro atoms. The minimum atomic E-state index is -0.351. The summed E-state index contributed by atoms with van der Waals surface area (Å²) < 4.78 is 31.8. The van der Waals surface area contributed by atoms with Crippen molar-refractivity contribution in [1.82, 2.24) is 10.6 Å². The van der Waals surface area contributed by atoms with Gasteiger partial charge in [0.2, 0.25) is 5.78 Å². The van der Waals surface area contributed by atoms with E-state index < -0.39 is 0 Å². The molecular formula is C35H49FN2O5. The molecule has 1 aromatic heterocycles. The molecule has 236 valence electrons. The third kappa shape index (κ3) is 11.1. The van der Waals surface area contributed by atoms with Gasteiger partial charge in [0, 0.05) is 48.8 Å². The summed E-state index contributed by atoms with van der Waals surface area (Å²) in [6.45, 7) is 15.9. The molecule has 0 saturated carbocycles. The van der Waals surface area contributed by atoms with Gasteiger partial charge in [-0.1, -0.05) is 27.7 Å². The van der Waals surface area contributed by atoms with E-state index in [1.165, 1.54) is 12.1 Å². The number of aryl methyl sites for hydroxylation is 1.